The molecule has 2 rings (SSSR count). The van der Waals surface area contributed by atoms with Gasteiger partial charge in [0.1, 0.15) is 0 Å². The Morgan fingerprint density at radius 3 is 2.89 bits per heavy atom. The topological polar surface area (TPSA) is 81.1 Å². The van der Waals surface area contributed by atoms with Crippen LogP contribution in [0.25, 0.3) is 0 Å². The monoisotopic (exact) mass is 299 g/mol. The molecule has 104 valence electrons. The summed E-state index contributed by atoms with van der Waals surface area (Å²) in [6.07, 6.45) is 3.74. The second-order valence-corrected chi connectivity index (χ2v) is 6.47. The zero-order valence-electron chi connectivity index (χ0n) is 10.6. The molecule has 1 fully saturated rings. The normalized spacial score (nSPS) is 19.1. The van der Waals surface area contributed by atoms with Gasteiger partial charge in [0, 0.05) is 17.5 Å². The molecule has 1 aromatic rings. The molecule has 0 radical (unpaired) electrons. The van der Waals surface area contributed by atoms with Crippen molar-refractivity contribution in [3.05, 3.63) is 22.7 Å². The van der Waals surface area contributed by atoms with Gasteiger partial charge in [-0.25, -0.2) is 0 Å². The Balaban J connectivity index is 2.12. The number of primary amides is 1. The van der Waals surface area contributed by atoms with Gasteiger partial charge in [0.2, 0.25) is 0 Å². The highest BCUT2D eigenvalue weighted by molar-refractivity contribution is 7.99. The summed E-state index contributed by atoms with van der Waals surface area (Å²) < 4.78 is 0. The zero-order chi connectivity index (χ0) is 13.8. The second kappa shape index (κ2) is 6.39. The second-order valence-electron chi connectivity index (χ2n) is 4.66. The lowest BCUT2D eigenvalue weighted by molar-refractivity contribution is 0.100. The van der Waals surface area contributed by atoms with Gasteiger partial charge >= 0.3 is 0 Å². The molecule has 1 heterocycles. The largest absolute Gasteiger partial charge is 0.399 e. The molecule has 6 heteroatoms. The molecule has 5 N–H and O–H groups in total. The first-order valence-corrected chi connectivity index (χ1v) is 7.75. The molecule has 1 saturated heterocycles. The number of nitrogen functional groups attached to an aromatic ring is 1. The Bertz CT molecular complexity index is 475. The van der Waals surface area contributed by atoms with Crippen LogP contribution in [0.4, 0.5) is 11.4 Å². The average Bonchev–Trinajstić information content (AvgIpc) is 2.38. The van der Waals surface area contributed by atoms with E-state index < -0.39 is 5.91 Å². The maximum Gasteiger partial charge on any atom is 0.250 e. The fourth-order valence-electron chi connectivity index (χ4n) is 2.19. The number of amides is 1. The van der Waals surface area contributed by atoms with E-state index in [1.54, 1.807) is 12.1 Å². The molecule has 1 atom stereocenters. The van der Waals surface area contributed by atoms with E-state index in [-0.39, 0.29) is 0 Å². The SMILES string of the molecule is NC(=O)c1cc(N)cc(Cl)c1NCC1CCCCS1. The number of benzene rings is 1. The first-order chi connectivity index (χ1) is 9.08. The average molecular weight is 300 g/mol. The van der Waals surface area contributed by atoms with E-state index in [4.69, 9.17) is 23.1 Å². The Morgan fingerprint density at radius 2 is 2.26 bits per heavy atom. The van der Waals surface area contributed by atoms with Crippen molar-refractivity contribution in [1.82, 2.24) is 0 Å². The van der Waals surface area contributed by atoms with Crippen LogP contribution in [-0.4, -0.2) is 23.5 Å². The summed E-state index contributed by atoms with van der Waals surface area (Å²) in [4.78, 5) is 11.4. The van der Waals surface area contributed by atoms with E-state index in [0.29, 0.717) is 27.2 Å². The minimum absolute atomic E-state index is 0.353. The number of carbonyl (C=O) groups excluding carboxylic acids is 1. The van der Waals surface area contributed by atoms with Gasteiger partial charge in [-0.15, -0.1) is 0 Å². The molecule has 4 nitrogen and oxygen atoms in total. The third kappa shape index (κ3) is 3.70. The minimum Gasteiger partial charge on any atom is -0.399 e. The molecular weight excluding hydrogens is 282 g/mol. The van der Waals surface area contributed by atoms with Crippen molar-refractivity contribution >= 4 is 40.6 Å². The van der Waals surface area contributed by atoms with Crippen LogP contribution in [0.2, 0.25) is 5.02 Å². The number of rotatable bonds is 4. The van der Waals surface area contributed by atoms with Gasteiger partial charge in [-0.2, -0.15) is 11.8 Å². The highest BCUT2D eigenvalue weighted by Gasteiger charge is 2.17. The molecule has 1 unspecified atom stereocenters. The van der Waals surface area contributed by atoms with Gasteiger partial charge in [0.25, 0.3) is 5.91 Å². The molecule has 19 heavy (non-hydrogen) atoms. The fraction of sp³-hybridized carbons (Fsp3) is 0.462. The van der Waals surface area contributed by atoms with Crippen LogP contribution in [0.3, 0.4) is 0 Å². The number of hydrogen-bond donors (Lipinski definition) is 3. The summed E-state index contributed by atoms with van der Waals surface area (Å²) in [6.45, 7) is 0.786. The van der Waals surface area contributed by atoms with Gasteiger partial charge in [0.05, 0.1) is 16.3 Å². The number of carbonyl (C=O) groups is 1. The quantitative estimate of drug-likeness (QED) is 0.747. The molecule has 0 bridgehead atoms. The maximum atomic E-state index is 11.4. The van der Waals surface area contributed by atoms with Crippen molar-refractivity contribution in [2.75, 3.05) is 23.3 Å². The highest BCUT2D eigenvalue weighted by Crippen LogP contribution is 2.31. The number of thioether (sulfide) groups is 1. The van der Waals surface area contributed by atoms with Crippen LogP contribution in [0.1, 0.15) is 29.6 Å². The molecule has 1 aromatic carbocycles. The van der Waals surface area contributed by atoms with Crippen molar-refractivity contribution in [1.29, 1.82) is 0 Å². The Morgan fingerprint density at radius 1 is 1.47 bits per heavy atom. The molecule has 0 spiro atoms. The summed E-state index contributed by atoms with van der Waals surface area (Å²) in [5, 5.41) is 4.25. The lowest BCUT2D eigenvalue weighted by atomic mass is 10.1. The van der Waals surface area contributed by atoms with E-state index in [1.165, 1.54) is 25.0 Å². The lowest BCUT2D eigenvalue weighted by Crippen LogP contribution is -2.22. The fourth-order valence-corrected chi connectivity index (χ4v) is 3.72. The molecule has 0 aromatic heterocycles. The van der Waals surface area contributed by atoms with E-state index in [9.17, 15) is 4.79 Å². The Kier molecular flexibility index (Phi) is 4.82. The minimum atomic E-state index is -0.520. The first kappa shape index (κ1) is 14.3. The molecule has 1 amide bonds. The molecule has 1 aliphatic rings. The van der Waals surface area contributed by atoms with Gasteiger partial charge in [-0.05, 0) is 30.7 Å². The van der Waals surface area contributed by atoms with Crippen LogP contribution >= 0.6 is 23.4 Å². The van der Waals surface area contributed by atoms with Crippen LogP contribution in [0, 0.1) is 0 Å². The number of nitrogens with two attached hydrogens (primary N) is 2. The van der Waals surface area contributed by atoms with Crippen LogP contribution in [0.5, 0.6) is 0 Å². The van der Waals surface area contributed by atoms with Gasteiger partial charge in [-0.1, -0.05) is 18.0 Å². The number of anilines is 2. The molecule has 0 saturated carbocycles. The van der Waals surface area contributed by atoms with E-state index in [2.05, 4.69) is 5.32 Å². The smallest absolute Gasteiger partial charge is 0.250 e. The molecule has 0 aliphatic carbocycles. The number of nitrogens with one attached hydrogen (secondary N) is 1. The Labute approximate surface area is 122 Å². The van der Waals surface area contributed by atoms with Gasteiger partial charge < -0.3 is 16.8 Å². The van der Waals surface area contributed by atoms with E-state index >= 15 is 0 Å². The summed E-state index contributed by atoms with van der Waals surface area (Å²) in [5.41, 5.74) is 12.4. The summed E-state index contributed by atoms with van der Waals surface area (Å²) in [6, 6.07) is 3.19. The third-order valence-electron chi connectivity index (χ3n) is 3.16. The third-order valence-corrected chi connectivity index (χ3v) is 4.85. The lowest BCUT2D eigenvalue weighted by Gasteiger charge is -2.23. The van der Waals surface area contributed by atoms with Gasteiger partial charge in [0.15, 0.2) is 0 Å². The van der Waals surface area contributed by atoms with Crippen LogP contribution in [0.15, 0.2) is 12.1 Å². The zero-order valence-corrected chi connectivity index (χ0v) is 12.2. The summed E-state index contributed by atoms with van der Waals surface area (Å²) >= 11 is 8.10. The van der Waals surface area contributed by atoms with E-state index in [0.717, 1.165) is 6.54 Å². The Hall–Kier alpha value is -1.07. The van der Waals surface area contributed by atoms with Crippen molar-refractivity contribution < 1.29 is 4.79 Å². The van der Waals surface area contributed by atoms with E-state index in [1.807, 2.05) is 11.8 Å². The predicted octanol–water partition coefficient (Wildman–Crippen LogP) is 2.72. The maximum absolute atomic E-state index is 11.4. The molecular formula is C13H18ClN3OS. The number of halogens is 1. The van der Waals surface area contributed by atoms with Gasteiger partial charge in [-0.3, -0.25) is 4.79 Å². The van der Waals surface area contributed by atoms with Crippen molar-refractivity contribution in [3.63, 3.8) is 0 Å². The predicted molar refractivity (Wildman–Crippen MR) is 83.0 cm³/mol. The summed E-state index contributed by atoms with van der Waals surface area (Å²) in [7, 11) is 0. The summed E-state index contributed by atoms with van der Waals surface area (Å²) in [5.74, 6) is 0.679. The van der Waals surface area contributed by atoms with Crippen molar-refractivity contribution in [2.45, 2.75) is 24.5 Å². The highest BCUT2D eigenvalue weighted by atomic mass is 35.5. The molecule has 1 aliphatic heterocycles. The first-order valence-electron chi connectivity index (χ1n) is 6.32. The number of hydrogen-bond acceptors (Lipinski definition) is 4. The van der Waals surface area contributed by atoms with Crippen molar-refractivity contribution in [2.24, 2.45) is 5.73 Å². The van der Waals surface area contributed by atoms with Crippen molar-refractivity contribution in [3.8, 4) is 0 Å². The standard InChI is InChI=1S/C13H18ClN3OS/c14-11-6-8(15)5-10(13(16)18)12(11)17-7-9-3-1-2-4-19-9/h5-6,9,17H,1-4,7,15H2,(H2,16,18). The van der Waals surface area contributed by atoms with Crippen LogP contribution in [-0.2, 0) is 0 Å². The van der Waals surface area contributed by atoms with Crippen LogP contribution < -0.4 is 16.8 Å².